The fraction of sp³-hybridized carbons (Fsp3) is 1.00. The molecule has 0 saturated heterocycles. The van der Waals surface area contributed by atoms with Crippen LogP contribution in [0.4, 0.5) is 0 Å². The van der Waals surface area contributed by atoms with Crippen LogP contribution in [0, 0.1) is 5.41 Å². The summed E-state index contributed by atoms with van der Waals surface area (Å²) in [6, 6.07) is 0.864. The highest BCUT2D eigenvalue weighted by molar-refractivity contribution is 4.83. The summed E-state index contributed by atoms with van der Waals surface area (Å²) in [5.41, 5.74) is 0.506. The lowest BCUT2D eigenvalue weighted by atomic mass is 9.86. The topological polar surface area (TPSA) is 12.0 Å². The van der Waals surface area contributed by atoms with Crippen LogP contribution in [0.3, 0.4) is 0 Å². The molecule has 0 radical (unpaired) electrons. The minimum absolute atomic E-state index is 0.506. The highest BCUT2D eigenvalue weighted by Gasteiger charge is 2.24. The van der Waals surface area contributed by atoms with Gasteiger partial charge in [-0.3, -0.25) is 0 Å². The maximum atomic E-state index is 3.67. The van der Waals surface area contributed by atoms with E-state index in [4.69, 9.17) is 0 Å². The Bertz CT molecular complexity index is 182. The van der Waals surface area contributed by atoms with E-state index in [0.717, 1.165) is 6.04 Å². The number of rotatable bonds is 11. The van der Waals surface area contributed by atoms with Gasteiger partial charge in [-0.2, -0.15) is 0 Å². The minimum Gasteiger partial charge on any atom is -0.313 e. The fourth-order valence-electron chi connectivity index (χ4n) is 2.36. The Hall–Kier alpha value is -0.0400. The van der Waals surface area contributed by atoms with Crippen molar-refractivity contribution in [1.29, 1.82) is 0 Å². The van der Waals surface area contributed by atoms with Crippen LogP contribution in [-0.4, -0.2) is 12.6 Å². The van der Waals surface area contributed by atoms with E-state index in [2.05, 4.69) is 26.1 Å². The quantitative estimate of drug-likeness (QED) is 0.505. The number of nitrogens with one attached hydrogen (secondary N) is 1. The highest BCUT2D eigenvalue weighted by atomic mass is 15.0. The van der Waals surface area contributed by atoms with E-state index in [1.54, 1.807) is 0 Å². The summed E-state index contributed by atoms with van der Waals surface area (Å²) in [5, 5.41) is 3.67. The number of hydrogen-bond acceptors (Lipinski definition) is 1. The zero-order chi connectivity index (χ0) is 12.6. The first kappa shape index (κ1) is 15.0. The van der Waals surface area contributed by atoms with E-state index in [1.165, 1.54) is 70.8 Å². The average Bonchev–Trinajstić information content (AvgIpc) is 3.09. The van der Waals surface area contributed by atoms with Gasteiger partial charge in [-0.05, 0) is 24.7 Å². The zero-order valence-electron chi connectivity index (χ0n) is 12.4. The van der Waals surface area contributed by atoms with Gasteiger partial charge in [-0.15, -0.1) is 0 Å². The third-order valence-corrected chi connectivity index (χ3v) is 3.90. The van der Waals surface area contributed by atoms with E-state index < -0.39 is 0 Å². The van der Waals surface area contributed by atoms with E-state index in [9.17, 15) is 0 Å². The minimum atomic E-state index is 0.506. The smallest absolute Gasteiger partial charge is 0.00684 e. The average molecular weight is 239 g/mol. The maximum absolute atomic E-state index is 3.67. The Kier molecular flexibility index (Phi) is 7.18. The summed E-state index contributed by atoms with van der Waals surface area (Å²) >= 11 is 0. The highest BCUT2D eigenvalue weighted by Crippen LogP contribution is 2.26. The van der Waals surface area contributed by atoms with Crippen LogP contribution in [0.1, 0.15) is 85.0 Å². The molecular formula is C16H33N. The monoisotopic (exact) mass is 239 g/mol. The molecule has 1 fully saturated rings. The first-order valence-corrected chi connectivity index (χ1v) is 7.87. The van der Waals surface area contributed by atoms with Crippen LogP contribution >= 0.6 is 0 Å². The van der Waals surface area contributed by atoms with Crippen molar-refractivity contribution in [2.24, 2.45) is 5.41 Å². The molecule has 1 saturated carbocycles. The normalized spacial score (nSPS) is 16.4. The SMILES string of the molecule is CCCCCCCCCC(C)(C)CNC1CC1. The lowest BCUT2D eigenvalue weighted by Gasteiger charge is -2.25. The van der Waals surface area contributed by atoms with Crippen molar-refractivity contribution in [2.75, 3.05) is 6.54 Å². The molecule has 0 spiro atoms. The first-order chi connectivity index (χ1) is 8.14. The van der Waals surface area contributed by atoms with Gasteiger partial charge in [0.2, 0.25) is 0 Å². The molecule has 17 heavy (non-hydrogen) atoms. The van der Waals surface area contributed by atoms with Gasteiger partial charge in [0.15, 0.2) is 0 Å². The second kappa shape index (κ2) is 8.13. The van der Waals surface area contributed by atoms with Gasteiger partial charge in [0, 0.05) is 12.6 Å². The fourth-order valence-corrected chi connectivity index (χ4v) is 2.36. The predicted molar refractivity (Wildman–Crippen MR) is 77.4 cm³/mol. The van der Waals surface area contributed by atoms with E-state index in [0.29, 0.717) is 5.41 Å². The standard InChI is InChI=1S/C16H33N/c1-4-5-6-7-8-9-10-13-16(2,3)14-17-15-11-12-15/h15,17H,4-14H2,1-3H3. The molecule has 0 unspecified atom stereocenters. The molecule has 0 atom stereocenters. The molecule has 1 aliphatic rings. The molecule has 0 heterocycles. The van der Waals surface area contributed by atoms with E-state index >= 15 is 0 Å². The molecule has 1 nitrogen and oxygen atoms in total. The van der Waals surface area contributed by atoms with Gasteiger partial charge < -0.3 is 5.32 Å². The van der Waals surface area contributed by atoms with Gasteiger partial charge in [0.25, 0.3) is 0 Å². The molecule has 1 N–H and O–H groups in total. The van der Waals surface area contributed by atoms with Gasteiger partial charge in [-0.1, -0.05) is 65.7 Å². The van der Waals surface area contributed by atoms with Crippen LogP contribution in [0.2, 0.25) is 0 Å². The second-order valence-corrected chi connectivity index (χ2v) is 6.69. The van der Waals surface area contributed by atoms with Gasteiger partial charge in [-0.25, -0.2) is 0 Å². The molecule has 1 heteroatoms. The Balaban J connectivity index is 1.88. The van der Waals surface area contributed by atoms with Crippen LogP contribution in [0.25, 0.3) is 0 Å². The lowest BCUT2D eigenvalue weighted by molar-refractivity contribution is 0.300. The van der Waals surface area contributed by atoms with E-state index in [-0.39, 0.29) is 0 Å². The van der Waals surface area contributed by atoms with Crippen molar-refractivity contribution in [2.45, 2.75) is 91.0 Å². The van der Waals surface area contributed by atoms with Crippen molar-refractivity contribution >= 4 is 0 Å². The van der Waals surface area contributed by atoms with Crippen LogP contribution < -0.4 is 5.32 Å². The summed E-state index contributed by atoms with van der Waals surface area (Å²) in [6.07, 6.45) is 14.2. The number of unbranched alkanes of at least 4 members (excludes halogenated alkanes) is 6. The van der Waals surface area contributed by atoms with E-state index in [1.807, 2.05) is 0 Å². The first-order valence-electron chi connectivity index (χ1n) is 7.87. The summed E-state index contributed by atoms with van der Waals surface area (Å²) in [6.45, 7) is 8.34. The summed E-state index contributed by atoms with van der Waals surface area (Å²) < 4.78 is 0. The molecular weight excluding hydrogens is 206 g/mol. The Labute approximate surface area is 109 Å². The van der Waals surface area contributed by atoms with Gasteiger partial charge in [0.1, 0.15) is 0 Å². The largest absolute Gasteiger partial charge is 0.313 e. The molecule has 1 rings (SSSR count). The lowest BCUT2D eigenvalue weighted by Crippen LogP contribution is -2.30. The molecule has 0 aliphatic heterocycles. The van der Waals surface area contributed by atoms with Gasteiger partial charge in [0.05, 0.1) is 0 Å². The van der Waals surface area contributed by atoms with Crippen LogP contribution in [-0.2, 0) is 0 Å². The zero-order valence-corrected chi connectivity index (χ0v) is 12.4. The Morgan fingerprint density at radius 3 is 2.12 bits per heavy atom. The molecule has 102 valence electrons. The molecule has 0 aromatic heterocycles. The number of hydrogen-bond donors (Lipinski definition) is 1. The molecule has 0 aromatic rings. The summed E-state index contributed by atoms with van der Waals surface area (Å²) in [5.74, 6) is 0. The predicted octanol–water partition coefficient (Wildman–Crippen LogP) is 4.91. The third kappa shape index (κ3) is 8.65. The molecule has 0 amide bonds. The van der Waals surface area contributed by atoms with Crippen molar-refractivity contribution < 1.29 is 0 Å². The van der Waals surface area contributed by atoms with Crippen molar-refractivity contribution in [3.63, 3.8) is 0 Å². The van der Waals surface area contributed by atoms with Crippen molar-refractivity contribution in [3.8, 4) is 0 Å². The second-order valence-electron chi connectivity index (χ2n) is 6.69. The Morgan fingerprint density at radius 2 is 1.53 bits per heavy atom. The summed E-state index contributed by atoms with van der Waals surface area (Å²) in [4.78, 5) is 0. The van der Waals surface area contributed by atoms with Crippen LogP contribution in [0.5, 0.6) is 0 Å². The third-order valence-electron chi connectivity index (χ3n) is 3.90. The molecule has 0 bridgehead atoms. The van der Waals surface area contributed by atoms with Crippen molar-refractivity contribution in [3.05, 3.63) is 0 Å². The molecule has 1 aliphatic carbocycles. The molecule has 0 aromatic carbocycles. The van der Waals surface area contributed by atoms with Gasteiger partial charge >= 0.3 is 0 Å². The Morgan fingerprint density at radius 1 is 0.941 bits per heavy atom. The van der Waals surface area contributed by atoms with Crippen LogP contribution in [0.15, 0.2) is 0 Å². The van der Waals surface area contributed by atoms with Crippen molar-refractivity contribution in [1.82, 2.24) is 5.32 Å². The summed E-state index contributed by atoms with van der Waals surface area (Å²) in [7, 11) is 0. The maximum Gasteiger partial charge on any atom is 0.00684 e.